The molecule has 0 atom stereocenters. The number of carbonyl (C=O) groups excluding carboxylic acids is 1. The van der Waals surface area contributed by atoms with Gasteiger partial charge in [0.2, 0.25) is 5.91 Å². The zero-order valence-electron chi connectivity index (χ0n) is 14.4. The Bertz CT molecular complexity index is 1100. The van der Waals surface area contributed by atoms with Crippen molar-refractivity contribution in [2.75, 3.05) is 10.0 Å². The van der Waals surface area contributed by atoms with Gasteiger partial charge in [-0.3, -0.25) is 9.52 Å². The van der Waals surface area contributed by atoms with E-state index in [1.54, 1.807) is 37.3 Å². The quantitative estimate of drug-likeness (QED) is 0.606. The summed E-state index contributed by atoms with van der Waals surface area (Å²) in [4.78, 5) is 20.5. The Balaban J connectivity index is 2.04. The predicted molar refractivity (Wildman–Crippen MR) is 107 cm³/mol. The van der Waals surface area contributed by atoms with Gasteiger partial charge in [-0.2, -0.15) is 0 Å². The third kappa shape index (κ3) is 4.44. The van der Waals surface area contributed by atoms with Crippen LogP contribution in [0.15, 0.2) is 47.4 Å². The Hall–Kier alpha value is -2.49. The van der Waals surface area contributed by atoms with E-state index >= 15 is 0 Å². The predicted octanol–water partition coefficient (Wildman–Crippen LogP) is 3.93. The summed E-state index contributed by atoms with van der Waals surface area (Å²) in [5, 5.41) is 3.19. The number of benzene rings is 1. The summed E-state index contributed by atoms with van der Waals surface area (Å²) < 4.78 is 27.8. The third-order valence-electron chi connectivity index (χ3n) is 3.47. The number of rotatable bonds is 5. The van der Waals surface area contributed by atoms with E-state index in [-0.39, 0.29) is 21.8 Å². The number of amides is 1. The molecule has 3 rings (SSSR count). The van der Waals surface area contributed by atoms with E-state index in [4.69, 9.17) is 11.6 Å². The summed E-state index contributed by atoms with van der Waals surface area (Å²) >= 11 is 7.20. The number of anilines is 2. The molecule has 7 nitrogen and oxygen atoms in total. The zero-order chi connectivity index (χ0) is 19.6. The largest absolute Gasteiger partial charge is 0.302 e. The maximum atomic E-state index is 12.7. The van der Waals surface area contributed by atoms with Crippen molar-refractivity contribution in [3.63, 3.8) is 0 Å². The molecule has 0 aliphatic heterocycles. The van der Waals surface area contributed by atoms with Crippen LogP contribution in [0, 0.1) is 6.92 Å². The first-order valence-electron chi connectivity index (χ1n) is 7.76. The smallest absolute Gasteiger partial charge is 0.263 e. The van der Waals surface area contributed by atoms with Crippen LogP contribution in [0.1, 0.15) is 12.6 Å². The van der Waals surface area contributed by atoms with Gasteiger partial charge in [0.05, 0.1) is 15.5 Å². The van der Waals surface area contributed by atoms with Crippen LogP contribution in [0.2, 0.25) is 5.15 Å². The SMILES string of the molecule is CC(=O)Nc1nc(C)c(-c2ccc(Cl)nc2NS(=O)(=O)c2ccccc2)s1. The highest BCUT2D eigenvalue weighted by molar-refractivity contribution is 7.92. The standard InChI is InChI=1S/C17H15ClN4O3S2/c1-10-15(26-17(19-10)20-11(2)23)13-8-9-14(18)21-16(13)22-27(24,25)12-6-4-3-5-7-12/h3-9H,1-2H3,(H,21,22)(H,19,20,23). The Labute approximate surface area is 165 Å². The van der Waals surface area contributed by atoms with Crippen molar-refractivity contribution >= 4 is 49.8 Å². The minimum absolute atomic E-state index is 0.0903. The first kappa shape index (κ1) is 19.3. The average molecular weight is 423 g/mol. The lowest BCUT2D eigenvalue weighted by atomic mass is 10.2. The Morgan fingerprint density at radius 2 is 1.81 bits per heavy atom. The van der Waals surface area contributed by atoms with Crippen LogP contribution in [0.4, 0.5) is 10.9 Å². The second-order valence-electron chi connectivity index (χ2n) is 5.56. The number of carbonyl (C=O) groups is 1. The summed E-state index contributed by atoms with van der Waals surface area (Å²) in [7, 11) is -3.84. The summed E-state index contributed by atoms with van der Waals surface area (Å²) in [5.74, 6) is -0.151. The third-order valence-corrected chi connectivity index (χ3v) is 6.14. The van der Waals surface area contributed by atoms with Gasteiger partial charge in [0.1, 0.15) is 11.0 Å². The molecule has 0 saturated heterocycles. The molecule has 27 heavy (non-hydrogen) atoms. The van der Waals surface area contributed by atoms with Crippen LogP contribution < -0.4 is 10.0 Å². The van der Waals surface area contributed by atoms with E-state index < -0.39 is 10.0 Å². The average Bonchev–Trinajstić information content (AvgIpc) is 2.95. The van der Waals surface area contributed by atoms with Crippen LogP contribution in [0.3, 0.4) is 0 Å². The normalized spacial score (nSPS) is 11.2. The summed E-state index contributed by atoms with van der Waals surface area (Å²) in [6.07, 6.45) is 0. The van der Waals surface area contributed by atoms with Gasteiger partial charge >= 0.3 is 0 Å². The van der Waals surface area contributed by atoms with Gasteiger partial charge in [-0.25, -0.2) is 18.4 Å². The van der Waals surface area contributed by atoms with Gasteiger partial charge in [0.25, 0.3) is 10.0 Å². The summed E-state index contributed by atoms with van der Waals surface area (Å²) in [6, 6.07) is 11.2. The zero-order valence-corrected chi connectivity index (χ0v) is 16.7. The van der Waals surface area contributed by atoms with Gasteiger partial charge in [0, 0.05) is 12.5 Å². The maximum Gasteiger partial charge on any atom is 0.263 e. The molecule has 1 amide bonds. The molecular formula is C17H15ClN4O3S2. The molecule has 2 heterocycles. The minimum Gasteiger partial charge on any atom is -0.302 e. The second kappa shape index (κ2) is 7.63. The van der Waals surface area contributed by atoms with Crippen molar-refractivity contribution in [2.45, 2.75) is 18.7 Å². The number of thiazole rings is 1. The number of nitrogens with one attached hydrogen (secondary N) is 2. The Kier molecular flexibility index (Phi) is 5.45. The van der Waals surface area contributed by atoms with Crippen LogP contribution in [-0.2, 0) is 14.8 Å². The molecule has 0 radical (unpaired) electrons. The van der Waals surface area contributed by atoms with E-state index in [1.807, 2.05) is 0 Å². The fraction of sp³-hybridized carbons (Fsp3) is 0.118. The van der Waals surface area contributed by atoms with Crippen LogP contribution in [0.25, 0.3) is 10.4 Å². The number of nitrogens with zero attached hydrogens (tertiary/aromatic N) is 2. The molecule has 0 unspecified atom stereocenters. The van der Waals surface area contributed by atoms with Crippen molar-refractivity contribution < 1.29 is 13.2 Å². The second-order valence-corrected chi connectivity index (χ2v) is 8.63. The molecule has 0 fully saturated rings. The highest BCUT2D eigenvalue weighted by Crippen LogP contribution is 2.37. The molecule has 0 aliphatic carbocycles. The minimum atomic E-state index is -3.84. The number of pyridine rings is 1. The van der Waals surface area contributed by atoms with E-state index in [0.717, 1.165) is 0 Å². The Morgan fingerprint density at radius 3 is 2.48 bits per heavy atom. The molecule has 10 heteroatoms. The van der Waals surface area contributed by atoms with Crippen LogP contribution >= 0.6 is 22.9 Å². The lowest BCUT2D eigenvalue weighted by Gasteiger charge is -2.11. The molecular weight excluding hydrogens is 408 g/mol. The monoisotopic (exact) mass is 422 g/mol. The van der Waals surface area contributed by atoms with Crippen LogP contribution in [-0.4, -0.2) is 24.3 Å². The first-order chi connectivity index (χ1) is 12.8. The molecule has 2 N–H and O–H groups in total. The van der Waals surface area contributed by atoms with Crippen LogP contribution in [0.5, 0.6) is 0 Å². The molecule has 1 aromatic carbocycles. The number of hydrogen-bond donors (Lipinski definition) is 2. The maximum absolute atomic E-state index is 12.7. The molecule has 0 spiro atoms. The van der Waals surface area contributed by atoms with Crippen molar-refractivity contribution in [2.24, 2.45) is 0 Å². The highest BCUT2D eigenvalue weighted by atomic mass is 35.5. The van der Waals surface area contributed by atoms with Crippen molar-refractivity contribution in [1.82, 2.24) is 9.97 Å². The first-order valence-corrected chi connectivity index (χ1v) is 10.4. The van der Waals surface area contributed by atoms with E-state index in [0.29, 0.717) is 21.3 Å². The molecule has 0 saturated carbocycles. The number of halogens is 1. The fourth-order valence-electron chi connectivity index (χ4n) is 2.33. The van der Waals surface area contributed by atoms with Crippen molar-refractivity contribution in [3.05, 3.63) is 53.3 Å². The van der Waals surface area contributed by atoms with Crippen molar-refractivity contribution in [3.8, 4) is 10.4 Å². The lowest BCUT2D eigenvalue weighted by molar-refractivity contribution is -0.114. The van der Waals surface area contributed by atoms with Crippen molar-refractivity contribution in [1.29, 1.82) is 0 Å². The lowest BCUT2D eigenvalue weighted by Crippen LogP contribution is -2.14. The highest BCUT2D eigenvalue weighted by Gasteiger charge is 2.20. The fourth-order valence-corrected chi connectivity index (χ4v) is 4.56. The van der Waals surface area contributed by atoms with Gasteiger partial charge < -0.3 is 5.32 Å². The topological polar surface area (TPSA) is 101 Å². The van der Waals surface area contributed by atoms with Gasteiger partial charge in [-0.1, -0.05) is 41.1 Å². The van der Waals surface area contributed by atoms with Gasteiger partial charge in [-0.05, 0) is 31.2 Å². The molecule has 2 aromatic heterocycles. The molecule has 0 aliphatic rings. The summed E-state index contributed by atoms with van der Waals surface area (Å²) in [6.45, 7) is 3.15. The summed E-state index contributed by atoms with van der Waals surface area (Å²) in [5.41, 5.74) is 1.15. The molecule has 0 bridgehead atoms. The number of hydrogen-bond acceptors (Lipinski definition) is 6. The number of aromatic nitrogens is 2. The molecule has 3 aromatic rings. The van der Waals surface area contributed by atoms with E-state index in [2.05, 4.69) is 20.0 Å². The van der Waals surface area contributed by atoms with E-state index in [9.17, 15) is 13.2 Å². The molecule has 140 valence electrons. The number of aryl methyl sites for hydroxylation is 1. The number of sulfonamides is 1. The van der Waals surface area contributed by atoms with Gasteiger partial charge in [0.15, 0.2) is 5.13 Å². The van der Waals surface area contributed by atoms with E-state index in [1.165, 1.54) is 30.4 Å². The Morgan fingerprint density at radius 1 is 1.11 bits per heavy atom. The van der Waals surface area contributed by atoms with Gasteiger partial charge in [-0.15, -0.1) is 0 Å².